The van der Waals surface area contributed by atoms with Crippen LogP contribution in [0, 0.1) is 0 Å². The molecule has 1 fully saturated rings. The quantitative estimate of drug-likeness (QED) is 0.768. The summed E-state index contributed by atoms with van der Waals surface area (Å²) < 4.78 is 1.59. The van der Waals surface area contributed by atoms with Crippen molar-refractivity contribution in [3.8, 4) is 5.82 Å². The molecule has 0 atom stereocenters. The molecule has 132 valence electrons. The van der Waals surface area contributed by atoms with Crippen LogP contribution < -0.4 is 10.2 Å². The van der Waals surface area contributed by atoms with Crippen molar-refractivity contribution in [1.82, 2.24) is 29.6 Å². The maximum atomic E-state index is 12.4. The van der Waals surface area contributed by atoms with Crippen molar-refractivity contribution in [3.05, 3.63) is 55.4 Å². The van der Waals surface area contributed by atoms with Gasteiger partial charge in [-0.3, -0.25) is 0 Å². The number of aromatic nitrogens is 5. The van der Waals surface area contributed by atoms with E-state index in [1.165, 1.54) is 12.7 Å². The molecular formula is C17H18N8O. The van der Waals surface area contributed by atoms with E-state index < -0.39 is 0 Å². The van der Waals surface area contributed by atoms with Gasteiger partial charge in [-0.15, -0.1) is 0 Å². The molecule has 0 saturated carbocycles. The Kier molecular flexibility index (Phi) is 4.42. The van der Waals surface area contributed by atoms with Gasteiger partial charge < -0.3 is 15.1 Å². The monoisotopic (exact) mass is 350 g/mol. The Morgan fingerprint density at radius 1 is 0.962 bits per heavy atom. The highest BCUT2D eigenvalue weighted by atomic mass is 16.2. The van der Waals surface area contributed by atoms with Crippen LogP contribution in [0.15, 0.2) is 55.4 Å². The fourth-order valence-corrected chi connectivity index (χ4v) is 2.82. The first-order valence-corrected chi connectivity index (χ1v) is 8.32. The molecule has 2 amide bonds. The number of hydrogen-bond acceptors (Lipinski definition) is 6. The van der Waals surface area contributed by atoms with Crippen molar-refractivity contribution in [1.29, 1.82) is 0 Å². The van der Waals surface area contributed by atoms with Crippen LogP contribution in [-0.4, -0.2) is 61.8 Å². The van der Waals surface area contributed by atoms with E-state index >= 15 is 0 Å². The average Bonchev–Trinajstić information content (AvgIpc) is 3.24. The standard InChI is InChI=1S/C17H18N8O/c26-17(22-14-4-2-1-3-5-14)24-8-6-23(7-9-24)15-10-16(20-12-19-15)25-13-18-11-21-25/h1-5,10-13H,6-9H2,(H,22,26). The molecule has 1 aromatic carbocycles. The van der Waals surface area contributed by atoms with Crippen LogP contribution in [0.3, 0.4) is 0 Å². The van der Waals surface area contributed by atoms with E-state index in [9.17, 15) is 4.79 Å². The highest BCUT2D eigenvalue weighted by Crippen LogP contribution is 2.16. The molecule has 1 aliphatic rings. The average molecular weight is 350 g/mol. The van der Waals surface area contributed by atoms with Gasteiger partial charge in [0, 0.05) is 37.9 Å². The lowest BCUT2D eigenvalue weighted by Gasteiger charge is -2.35. The third-order valence-electron chi connectivity index (χ3n) is 4.21. The predicted molar refractivity (Wildman–Crippen MR) is 96.2 cm³/mol. The normalized spacial score (nSPS) is 14.3. The van der Waals surface area contributed by atoms with E-state index in [4.69, 9.17) is 0 Å². The summed E-state index contributed by atoms with van der Waals surface area (Å²) in [6.07, 6.45) is 4.57. The van der Waals surface area contributed by atoms with Crippen LogP contribution in [0.2, 0.25) is 0 Å². The molecule has 3 aromatic rings. The number of hydrogen-bond donors (Lipinski definition) is 1. The number of amides is 2. The number of rotatable bonds is 3. The molecule has 9 heteroatoms. The van der Waals surface area contributed by atoms with E-state index in [-0.39, 0.29) is 6.03 Å². The number of nitrogens with one attached hydrogen (secondary N) is 1. The molecule has 0 aliphatic carbocycles. The van der Waals surface area contributed by atoms with E-state index in [0.29, 0.717) is 32.0 Å². The van der Waals surface area contributed by atoms with Crippen molar-refractivity contribution in [2.45, 2.75) is 0 Å². The summed E-state index contributed by atoms with van der Waals surface area (Å²) in [5, 5.41) is 7.00. The first-order chi connectivity index (χ1) is 12.8. The Labute approximate surface area is 150 Å². The van der Waals surface area contributed by atoms with Gasteiger partial charge in [0.05, 0.1) is 0 Å². The molecule has 4 rings (SSSR count). The fraction of sp³-hybridized carbons (Fsp3) is 0.235. The smallest absolute Gasteiger partial charge is 0.321 e. The molecule has 0 radical (unpaired) electrons. The van der Waals surface area contributed by atoms with Gasteiger partial charge in [-0.2, -0.15) is 5.10 Å². The topological polar surface area (TPSA) is 92.1 Å². The molecule has 2 aromatic heterocycles. The van der Waals surface area contributed by atoms with Crippen molar-refractivity contribution >= 4 is 17.5 Å². The number of nitrogens with zero attached hydrogens (tertiary/aromatic N) is 7. The summed E-state index contributed by atoms with van der Waals surface area (Å²) in [5.41, 5.74) is 0.799. The molecule has 1 N–H and O–H groups in total. The van der Waals surface area contributed by atoms with Crippen molar-refractivity contribution in [2.24, 2.45) is 0 Å². The van der Waals surface area contributed by atoms with Gasteiger partial charge in [-0.05, 0) is 12.1 Å². The van der Waals surface area contributed by atoms with Gasteiger partial charge in [-0.1, -0.05) is 18.2 Å². The molecule has 0 spiro atoms. The molecule has 1 aliphatic heterocycles. The number of piperazine rings is 1. The minimum absolute atomic E-state index is 0.0816. The first-order valence-electron chi connectivity index (χ1n) is 8.32. The number of para-hydroxylation sites is 1. The molecular weight excluding hydrogens is 332 g/mol. The minimum atomic E-state index is -0.0816. The Morgan fingerprint density at radius 2 is 1.73 bits per heavy atom. The van der Waals surface area contributed by atoms with E-state index in [2.05, 4.69) is 30.3 Å². The Bertz CT molecular complexity index is 859. The van der Waals surface area contributed by atoms with Crippen LogP contribution in [0.25, 0.3) is 5.82 Å². The number of urea groups is 1. The molecule has 26 heavy (non-hydrogen) atoms. The van der Waals surface area contributed by atoms with Gasteiger partial charge in [0.15, 0.2) is 5.82 Å². The van der Waals surface area contributed by atoms with E-state index in [1.807, 2.05) is 41.3 Å². The third kappa shape index (κ3) is 3.46. The fourth-order valence-electron chi connectivity index (χ4n) is 2.82. The summed E-state index contributed by atoms with van der Waals surface area (Å²) in [7, 11) is 0. The van der Waals surface area contributed by atoms with Crippen molar-refractivity contribution < 1.29 is 4.79 Å². The largest absolute Gasteiger partial charge is 0.353 e. The van der Waals surface area contributed by atoms with Gasteiger partial charge in [0.2, 0.25) is 0 Å². The highest BCUT2D eigenvalue weighted by Gasteiger charge is 2.22. The van der Waals surface area contributed by atoms with Gasteiger partial charge in [0.25, 0.3) is 0 Å². The van der Waals surface area contributed by atoms with Crippen LogP contribution in [0.5, 0.6) is 0 Å². The van der Waals surface area contributed by atoms with Crippen molar-refractivity contribution in [3.63, 3.8) is 0 Å². The second-order valence-electron chi connectivity index (χ2n) is 5.84. The third-order valence-corrected chi connectivity index (χ3v) is 4.21. The van der Waals surface area contributed by atoms with Crippen molar-refractivity contribution in [2.75, 3.05) is 36.4 Å². The minimum Gasteiger partial charge on any atom is -0.353 e. The van der Waals surface area contributed by atoms with Crippen LogP contribution in [0.1, 0.15) is 0 Å². The summed E-state index contributed by atoms with van der Waals surface area (Å²) >= 11 is 0. The lowest BCUT2D eigenvalue weighted by molar-refractivity contribution is 0.208. The van der Waals surface area contributed by atoms with Gasteiger partial charge in [-0.25, -0.2) is 24.4 Å². The SMILES string of the molecule is O=C(Nc1ccccc1)N1CCN(c2cc(-n3cncn3)ncn2)CC1. The zero-order valence-electron chi connectivity index (χ0n) is 14.1. The molecule has 0 unspecified atom stereocenters. The summed E-state index contributed by atoms with van der Waals surface area (Å²) in [6.45, 7) is 2.66. The van der Waals surface area contributed by atoms with E-state index in [1.54, 1.807) is 11.0 Å². The van der Waals surface area contributed by atoms with Crippen LogP contribution in [0.4, 0.5) is 16.3 Å². The Morgan fingerprint density at radius 3 is 2.46 bits per heavy atom. The lowest BCUT2D eigenvalue weighted by atomic mass is 10.3. The predicted octanol–water partition coefficient (Wildman–Crippen LogP) is 1.41. The summed E-state index contributed by atoms with van der Waals surface area (Å²) in [6, 6.07) is 11.3. The molecule has 3 heterocycles. The Hall–Kier alpha value is -3.49. The summed E-state index contributed by atoms with van der Waals surface area (Å²) in [4.78, 5) is 28.8. The zero-order chi connectivity index (χ0) is 17.8. The van der Waals surface area contributed by atoms with E-state index in [0.717, 1.165) is 11.5 Å². The zero-order valence-corrected chi connectivity index (χ0v) is 14.1. The number of anilines is 2. The second-order valence-corrected chi connectivity index (χ2v) is 5.84. The Balaban J connectivity index is 1.38. The molecule has 9 nitrogen and oxygen atoms in total. The number of carbonyl (C=O) groups is 1. The van der Waals surface area contributed by atoms with Gasteiger partial charge in [0.1, 0.15) is 24.8 Å². The lowest BCUT2D eigenvalue weighted by Crippen LogP contribution is -2.50. The van der Waals surface area contributed by atoms with Crippen LogP contribution in [-0.2, 0) is 0 Å². The highest BCUT2D eigenvalue weighted by molar-refractivity contribution is 5.89. The number of benzene rings is 1. The van der Waals surface area contributed by atoms with Gasteiger partial charge >= 0.3 is 6.03 Å². The molecule has 0 bridgehead atoms. The maximum Gasteiger partial charge on any atom is 0.321 e. The number of carbonyl (C=O) groups excluding carboxylic acids is 1. The first kappa shape index (κ1) is 16.0. The van der Waals surface area contributed by atoms with Crippen LogP contribution >= 0.6 is 0 Å². The molecule has 1 saturated heterocycles. The summed E-state index contributed by atoms with van der Waals surface area (Å²) in [5.74, 6) is 1.48. The second kappa shape index (κ2) is 7.18. The maximum absolute atomic E-state index is 12.4.